The Kier molecular flexibility index (Phi) is 8.90. The molecule has 14 rings (SSSR count). The molecule has 0 aliphatic rings. The highest BCUT2D eigenvalue weighted by Gasteiger charge is 2.21. The van der Waals surface area contributed by atoms with Crippen LogP contribution >= 0.6 is 0 Å². The van der Waals surface area contributed by atoms with Crippen molar-refractivity contribution < 1.29 is 4.42 Å². The Morgan fingerprint density at radius 3 is 1.29 bits per heavy atom. The fourth-order valence-electron chi connectivity index (χ4n) is 10.9. The quantitative estimate of drug-likeness (QED) is 0.149. The molecule has 0 aliphatic carbocycles. The lowest BCUT2D eigenvalue weighted by atomic mass is 9.94. The molecular formula is C66H42N2O. The molecule has 0 saturated heterocycles. The topological polar surface area (TPSA) is 21.3 Å². The lowest BCUT2D eigenvalue weighted by molar-refractivity contribution is 0.669. The highest BCUT2D eigenvalue weighted by atomic mass is 16.3. The van der Waals surface area contributed by atoms with E-state index in [1.54, 1.807) is 0 Å². The maximum atomic E-state index is 6.65. The maximum absolute atomic E-state index is 6.65. The summed E-state index contributed by atoms with van der Waals surface area (Å²) in [5, 5.41) is 12.3. The summed E-state index contributed by atoms with van der Waals surface area (Å²) in [6.07, 6.45) is 0. The van der Waals surface area contributed by atoms with Crippen molar-refractivity contribution in [2.75, 3.05) is 4.90 Å². The zero-order valence-electron chi connectivity index (χ0n) is 37.6. The Labute approximate surface area is 399 Å². The fraction of sp³-hybridized carbons (Fsp3) is 0. The van der Waals surface area contributed by atoms with Gasteiger partial charge in [-0.3, -0.25) is 0 Å². The second-order valence-electron chi connectivity index (χ2n) is 18.0. The van der Waals surface area contributed by atoms with Crippen LogP contribution in [0.4, 0.5) is 17.1 Å². The number of para-hydroxylation sites is 2. The van der Waals surface area contributed by atoms with Crippen molar-refractivity contribution in [2.24, 2.45) is 0 Å². The van der Waals surface area contributed by atoms with E-state index in [0.29, 0.717) is 0 Å². The molecule has 0 aliphatic heterocycles. The molecule has 3 heteroatoms. The first-order chi connectivity index (χ1) is 34.2. The predicted molar refractivity (Wildman–Crippen MR) is 292 cm³/mol. The van der Waals surface area contributed by atoms with Crippen LogP contribution in [0, 0.1) is 0 Å². The molecule has 14 aromatic rings. The van der Waals surface area contributed by atoms with Gasteiger partial charge in [0, 0.05) is 38.6 Å². The van der Waals surface area contributed by atoms with Crippen LogP contribution in [-0.4, -0.2) is 4.57 Å². The molecule has 322 valence electrons. The van der Waals surface area contributed by atoms with Gasteiger partial charge in [-0.2, -0.15) is 0 Å². The average molecular weight is 879 g/mol. The highest BCUT2D eigenvalue weighted by molar-refractivity contribution is 6.26. The second-order valence-corrected chi connectivity index (χ2v) is 18.0. The Morgan fingerprint density at radius 2 is 0.710 bits per heavy atom. The molecule has 0 radical (unpaired) electrons. The standard InChI is InChI=1S/C66H42N2O/c1-3-14-43(15-4-1)45-26-32-49(33-27-45)67(64-24-13-23-58-57-22-11-12-25-65(57)69-66(58)64)50-34-28-46(29-35-50)48-31-39-63-61(41-48)60-40-47(44-16-5-2-6-17-44)30-38-62(60)68(63)51-36-37-56-54-20-8-7-18-52(54)53-19-9-10-21-55(53)59(56)42-51/h1-42H. The van der Waals surface area contributed by atoms with Gasteiger partial charge >= 0.3 is 0 Å². The monoisotopic (exact) mass is 878 g/mol. The molecule has 2 aromatic heterocycles. The van der Waals surface area contributed by atoms with E-state index in [4.69, 9.17) is 4.42 Å². The largest absolute Gasteiger partial charge is 0.454 e. The van der Waals surface area contributed by atoms with Gasteiger partial charge in [0.1, 0.15) is 5.58 Å². The van der Waals surface area contributed by atoms with Crippen LogP contribution in [0.25, 0.3) is 115 Å². The number of rotatable bonds is 7. The minimum absolute atomic E-state index is 0.861. The molecule has 0 N–H and O–H groups in total. The summed E-state index contributed by atoms with van der Waals surface area (Å²) < 4.78 is 9.11. The van der Waals surface area contributed by atoms with Crippen LogP contribution < -0.4 is 4.90 Å². The van der Waals surface area contributed by atoms with Crippen molar-refractivity contribution in [1.29, 1.82) is 0 Å². The van der Waals surface area contributed by atoms with E-state index in [1.807, 2.05) is 6.07 Å². The van der Waals surface area contributed by atoms with Crippen molar-refractivity contribution in [3.8, 4) is 39.1 Å². The predicted octanol–water partition coefficient (Wildman–Crippen LogP) is 18.6. The zero-order valence-corrected chi connectivity index (χ0v) is 37.6. The van der Waals surface area contributed by atoms with E-state index in [9.17, 15) is 0 Å². The number of aromatic nitrogens is 1. The van der Waals surface area contributed by atoms with Gasteiger partial charge in [0.15, 0.2) is 5.58 Å². The van der Waals surface area contributed by atoms with E-state index >= 15 is 0 Å². The third kappa shape index (κ3) is 6.36. The lowest BCUT2D eigenvalue weighted by Gasteiger charge is -2.26. The van der Waals surface area contributed by atoms with Crippen LogP contribution in [0.3, 0.4) is 0 Å². The summed E-state index contributed by atoms with van der Waals surface area (Å²) in [6.45, 7) is 0. The molecule has 12 aromatic carbocycles. The Hall–Kier alpha value is -9.18. The van der Waals surface area contributed by atoms with E-state index < -0.39 is 0 Å². The van der Waals surface area contributed by atoms with E-state index in [0.717, 1.165) is 55.8 Å². The van der Waals surface area contributed by atoms with Crippen molar-refractivity contribution >= 4 is 93.1 Å². The zero-order chi connectivity index (χ0) is 45.4. The minimum atomic E-state index is 0.861. The maximum Gasteiger partial charge on any atom is 0.159 e. The molecule has 0 unspecified atom stereocenters. The van der Waals surface area contributed by atoms with Gasteiger partial charge in [-0.25, -0.2) is 0 Å². The van der Waals surface area contributed by atoms with Crippen molar-refractivity contribution in [3.05, 3.63) is 255 Å². The normalized spacial score (nSPS) is 11.8. The Balaban J connectivity index is 0.918. The Bertz CT molecular complexity index is 4240. The van der Waals surface area contributed by atoms with Crippen LogP contribution in [0.2, 0.25) is 0 Å². The molecule has 0 atom stereocenters. The summed E-state index contributed by atoms with van der Waals surface area (Å²) in [4.78, 5) is 2.32. The van der Waals surface area contributed by atoms with Crippen LogP contribution in [0.15, 0.2) is 259 Å². The number of anilines is 3. The third-order valence-corrected chi connectivity index (χ3v) is 14.2. The van der Waals surface area contributed by atoms with Gasteiger partial charge in [-0.1, -0.05) is 182 Å². The summed E-state index contributed by atoms with van der Waals surface area (Å²) in [5.74, 6) is 0. The molecule has 0 bridgehead atoms. The number of furan rings is 1. The third-order valence-electron chi connectivity index (χ3n) is 14.2. The van der Waals surface area contributed by atoms with Crippen molar-refractivity contribution in [3.63, 3.8) is 0 Å². The molecular weight excluding hydrogens is 837 g/mol. The van der Waals surface area contributed by atoms with Crippen LogP contribution in [0.1, 0.15) is 0 Å². The first kappa shape index (κ1) is 39.0. The molecule has 0 amide bonds. The van der Waals surface area contributed by atoms with Crippen LogP contribution in [0.5, 0.6) is 0 Å². The smallest absolute Gasteiger partial charge is 0.159 e. The van der Waals surface area contributed by atoms with Gasteiger partial charge in [0.25, 0.3) is 0 Å². The van der Waals surface area contributed by atoms with Crippen molar-refractivity contribution in [2.45, 2.75) is 0 Å². The van der Waals surface area contributed by atoms with Gasteiger partial charge in [0.2, 0.25) is 0 Å². The summed E-state index contributed by atoms with van der Waals surface area (Å²) in [6, 6.07) is 92.4. The van der Waals surface area contributed by atoms with Gasteiger partial charge in [0.05, 0.1) is 16.7 Å². The molecule has 3 nitrogen and oxygen atoms in total. The van der Waals surface area contributed by atoms with E-state index in [2.05, 4.69) is 258 Å². The second kappa shape index (κ2) is 15.7. The van der Waals surface area contributed by atoms with Gasteiger partial charge in [-0.05, 0) is 138 Å². The highest BCUT2D eigenvalue weighted by Crippen LogP contribution is 2.44. The fourth-order valence-corrected chi connectivity index (χ4v) is 10.9. The number of hydrogen-bond donors (Lipinski definition) is 0. The van der Waals surface area contributed by atoms with Crippen molar-refractivity contribution in [1.82, 2.24) is 4.57 Å². The summed E-state index contributed by atoms with van der Waals surface area (Å²) in [5.41, 5.74) is 15.4. The first-order valence-electron chi connectivity index (χ1n) is 23.7. The molecule has 0 saturated carbocycles. The number of fused-ring (bicyclic) bond motifs is 12. The number of benzene rings is 12. The first-order valence-corrected chi connectivity index (χ1v) is 23.7. The molecule has 0 fully saturated rings. The summed E-state index contributed by atoms with van der Waals surface area (Å²) in [7, 11) is 0. The molecule has 2 heterocycles. The lowest BCUT2D eigenvalue weighted by Crippen LogP contribution is -2.10. The molecule has 69 heavy (non-hydrogen) atoms. The SMILES string of the molecule is c1ccc(-c2ccc(N(c3ccc(-c4ccc5c(c4)c4cc(-c6ccccc6)ccc4n5-c4ccc5c6ccccc6c6ccccc6c5c4)cc3)c3cccc4c3oc3ccccc34)cc2)cc1. The van der Waals surface area contributed by atoms with E-state index in [-0.39, 0.29) is 0 Å². The minimum Gasteiger partial charge on any atom is -0.454 e. The number of nitrogens with zero attached hydrogens (tertiary/aromatic N) is 2. The average Bonchev–Trinajstić information content (AvgIpc) is 3.97. The van der Waals surface area contributed by atoms with Crippen LogP contribution in [-0.2, 0) is 0 Å². The molecule has 0 spiro atoms. The summed E-state index contributed by atoms with van der Waals surface area (Å²) >= 11 is 0. The number of hydrogen-bond acceptors (Lipinski definition) is 2. The van der Waals surface area contributed by atoms with Gasteiger partial charge < -0.3 is 13.9 Å². The Morgan fingerprint density at radius 1 is 0.275 bits per heavy atom. The van der Waals surface area contributed by atoms with E-state index in [1.165, 1.54) is 76.4 Å². The van der Waals surface area contributed by atoms with Gasteiger partial charge in [-0.15, -0.1) is 0 Å².